The molecule has 0 saturated carbocycles. The highest BCUT2D eigenvalue weighted by atomic mass is 35.5. The second kappa shape index (κ2) is 4.78. The Morgan fingerprint density at radius 2 is 2.06 bits per heavy atom. The third-order valence-electron chi connectivity index (χ3n) is 2.61. The highest BCUT2D eigenvalue weighted by molar-refractivity contribution is 6.32. The molecule has 5 heteroatoms. The van der Waals surface area contributed by atoms with Crippen LogP contribution < -0.4 is 5.32 Å². The predicted molar refractivity (Wildman–Crippen MR) is 65.0 cm³/mol. The van der Waals surface area contributed by atoms with Gasteiger partial charge in [-0.05, 0) is 12.3 Å². The molecule has 1 unspecified atom stereocenters. The quantitative estimate of drug-likeness (QED) is 0.653. The molecule has 0 spiro atoms. The molecule has 16 heavy (non-hydrogen) atoms. The van der Waals surface area contributed by atoms with Gasteiger partial charge in [0.2, 0.25) is 0 Å². The van der Waals surface area contributed by atoms with E-state index in [2.05, 4.69) is 36.1 Å². The largest absolute Gasteiger partial charge is 0.366 e. The molecule has 0 radical (unpaired) electrons. The van der Waals surface area contributed by atoms with Crippen molar-refractivity contribution in [1.82, 2.24) is 9.97 Å². The molecule has 1 heterocycles. The van der Waals surface area contributed by atoms with Crippen molar-refractivity contribution in [3.8, 4) is 0 Å². The molecule has 88 valence electrons. The third-order valence-corrected chi connectivity index (χ3v) is 2.91. The number of anilines is 1. The van der Waals surface area contributed by atoms with E-state index in [0.29, 0.717) is 17.7 Å². The molecule has 1 N–H and O–H groups in total. The predicted octanol–water partition coefficient (Wildman–Crippen LogP) is 2.79. The molecule has 0 fully saturated rings. The first-order valence-corrected chi connectivity index (χ1v) is 5.46. The summed E-state index contributed by atoms with van der Waals surface area (Å²) < 4.78 is 0. The summed E-state index contributed by atoms with van der Waals surface area (Å²) in [6, 6.07) is 0.164. The number of nitrogens with zero attached hydrogens (tertiary/aromatic N) is 2. The van der Waals surface area contributed by atoms with Gasteiger partial charge < -0.3 is 5.32 Å². The van der Waals surface area contributed by atoms with E-state index < -0.39 is 0 Å². The third kappa shape index (κ3) is 2.92. The molecule has 1 aromatic rings. The van der Waals surface area contributed by atoms with Gasteiger partial charge in [0.1, 0.15) is 17.3 Å². The van der Waals surface area contributed by atoms with Gasteiger partial charge in [-0.1, -0.05) is 32.4 Å². The molecular formula is C11H16ClN3O. The standard InChI is InChI=1S/C11H16ClN3O/c1-7(11(2,3)4)15-10-8(5-16)9(12)13-6-14-10/h5-7H,1-4H3,(H,13,14,15). The monoisotopic (exact) mass is 241 g/mol. The van der Waals surface area contributed by atoms with Gasteiger partial charge >= 0.3 is 0 Å². The summed E-state index contributed by atoms with van der Waals surface area (Å²) in [5.41, 5.74) is 0.373. The van der Waals surface area contributed by atoms with E-state index in [9.17, 15) is 4.79 Å². The van der Waals surface area contributed by atoms with Gasteiger partial charge in [-0.15, -0.1) is 0 Å². The van der Waals surface area contributed by atoms with Crippen LogP contribution in [0.2, 0.25) is 5.15 Å². The first-order chi connectivity index (χ1) is 7.36. The fourth-order valence-electron chi connectivity index (χ4n) is 1.02. The van der Waals surface area contributed by atoms with E-state index >= 15 is 0 Å². The molecule has 1 rings (SSSR count). The zero-order valence-electron chi connectivity index (χ0n) is 9.91. The van der Waals surface area contributed by atoms with Crippen molar-refractivity contribution in [2.75, 3.05) is 5.32 Å². The van der Waals surface area contributed by atoms with Gasteiger partial charge in [0.05, 0.1) is 5.56 Å². The van der Waals surface area contributed by atoms with Crippen LogP contribution >= 0.6 is 11.6 Å². The Morgan fingerprint density at radius 3 is 2.56 bits per heavy atom. The van der Waals surface area contributed by atoms with E-state index in [-0.39, 0.29) is 16.6 Å². The molecule has 4 nitrogen and oxygen atoms in total. The Labute approximate surface area is 100 Å². The van der Waals surface area contributed by atoms with Gasteiger partial charge in [-0.2, -0.15) is 0 Å². The summed E-state index contributed by atoms with van der Waals surface area (Å²) >= 11 is 5.80. The van der Waals surface area contributed by atoms with Crippen LogP contribution in [0, 0.1) is 5.41 Å². The van der Waals surface area contributed by atoms with Crippen LogP contribution in [-0.2, 0) is 0 Å². The number of halogens is 1. The number of carbonyl (C=O) groups excluding carboxylic acids is 1. The smallest absolute Gasteiger partial charge is 0.156 e. The minimum absolute atomic E-state index is 0.0670. The number of hydrogen-bond acceptors (Lipinski definition) is 4. The zero-order chi connectivity index (χ0) is 12.3. The molecule has 0 aromatic carbocycles. The van der Waals surface area contributed by atoms with Crippen LogP contribution in [0.4, 0.5) is 5.82 Å². The second-order valence-electron chi connectivity index (χ2n) is 4.78. The Balaban J connectivity index is 2.98. The van der Waals surface area contributed by atoms with Crippen LogP contribution in [0.25, 0.3) is 0 Å². The summed E-state index contributed by atoms with van der Waals surface area (Å²) in [5.74, 6) is 0.484. The van der Waals surface area contributed by atoms with E-state index in [1.807, 2.05) is 6.92 Å². The SMILES string of the molecule is CC(Nc1ncnc(Cl)c1C=O)C(C)(C)C. The minimum atomic E-state index is 0.0670. The lowest BCUT2D eigenvalue weighted by Gasteiger charge is -2.28. The molecule has 0 bridgehead atoms. The summed E-state index contributed by atoms with van der Waals surface area (Å²) in [6.07, 6.45) is 2.01. The molecular weight excluding hydrogens is 226 g/mol. The Bertz CT molecular complexity index is 387. The Hall–Kier alpha value is -1.16. The van der Waals surface area contributed by atoms with E-state index in [1.54, 1.807) is 0 Å². The molecule has 0 aliphatic carbocycles. The van der Waals surface area contributed by atoms with Crippen molar-refractivity contribution in [3.05, 3.63) is 17.0 Å². The lowest BCUT2D eigenvalue weighted by atomic mass is 9.88. The summed E-state index contributed by atoms with van der Waals surface area (Å²) in [6.45, 7) is 8.35. The van der Waals surface area contributed by atoms with Gasteiger partial charge in [0, 0.05) is 6.04 Å². The summed E-state index contributed by atoms with van der Waals surface area (Å²) in [7, 11) is 0. The Kier molecular flexibility index (Phi) is 3.86. The van der Waals surface area contributed by atoms with Crippen molar-refractivity contribution >= 4 is 23.7 Å². The summed E-state index contributed by atoms with van der Waals surface area (Å²) in [4.78, 5) is 18.7. The maximum atomic E-state index is 10.9. The number of aromatic nitrogens is 2. The minimum Gasteiger partial charge on any atom is -0.366 e. The molecule has 0 aliphatic rings. The van der Waals surface area contributed by atoms with Gasteiger partial charge in [-0.25, -0.2) is 9.97 Å². The number of rotatable bonds is 3. The van der Waals surface area contributed by atoms with Crippen molar-refractivity contribution in [2.45, 2.75) is 33.7 Å². The maximum Gasteiger partial charge on any atom is 0.156 e. The van der Waals surface area contributed by atoms with E-state index in [0.717, 1.165) is 0 Å². The fourth-order valence-corrected chi connectivity index (χ4v) is 1.19. The number of aldehydes is 1. The topological polar surface area (TPSA) is 54.9 Å². The fraction of sp³-hybridized carbons (Fsp3) is 0.545. The van der Waals surface area contributed by atoms with E-state index in [4.69, 9.17) is 11.6 Å². The van der Waals surface area contributed by atoms with Crippen LogP contribution in [0.5, 0.6) is 0 Å². The lowest BCUT2D eigenvalue weighted by Crippen LogP contribution is -2.31. The van der Waals surface area contributed by atoms with E-state index in [1.165, 1.54) is 6.33 Å². The highest BCUT2D eigenvalue weighted by Crippen LogP contribution is 2.24. The molecule has 1 aromatic heterocycles. The van der Waals surface area contributed by atoms with Crippen molar-refractivity contribution in [1.29, 1.82) is 0 Å². The lowest BCUT2D eigenvalue weighted by molar-refractivity contribution is 0.112. The first kappa shape index (κ1) is 12.9. The van der Waals surface area contributed by atoms with Crippen LogP contribution in [0.1, 0.15) is 38.1 Å². The molecule has 0 saturated heterocycles. The number of hydrogen-bond donors (Lipinski definition) is 1. The van der Waals surface area contributed by atoms with Gasteiger partial charge in [0.25, 0.3) is 0 Å². The average Bonchev–Trinajstić information content (AvgIpc) is 2.16. The average molecular weight is 242 g/mol. The number of carbonyl (C=O) groups is 1. The molecule has 0 aliphatic heterocycles. The maximum absolute atomic E-state index is 10.9. The van der Waals surface area contributed by atoms with Crippen molar-refractivity contribution in [3.63, 3.8) is 0 Å². The molecule has 1 atom stereocenters. The number of nitrogens with one attached hydrogen (secondary N) is 1. The van der Waals surface area contributed by atoms with Crippen molar-refractivity contribution in [2.24, 2.45) is 5.41 Å². The highest BCUT2D eigenvalue weighted by Gasteiger charge is 2.21. The first-order valence-electron chi connectivity index (χ1n) is 5.08. The second-order valence-corrected chi connectivity index (χ2v) is 5.13. The zero-order valence-corrected chi connectivity index (χ0v) is 10.7. The molecule has 0 amide bonds. The van der Waals surface area contributed by atoms with Crippen LogP contribution in [0.3, 0.4) is 0 Å². The van der Waals surface area contributed by atoms with Gasteiger partial charge in [-0.3, -0.25) is 4.79 Å². The normalized spacial score (nSPS) is 13.3. The van der Waals surface area contributed by atoms with Crippen molar-refractivity contribution < 1.29 is 4.79 Å². The van der Waals surface area contributed by atoms with Crippen LogP contribution in [-0.4, -0.2) is 22.3 Å². The Morgan fingerprint density at radius 1 is 1.44 bits per heavy atom. The summed E-state index contributed by atoms with van der Waals surface area (Å²) in [5, 5.41) is 3.35. The van der Waals surface area contributed by atoms with Crippen LogP contribution in [0.15, 0.2) is 6.33 Å². The van der Waals surface area contributed by atoms with Gasteiger partial charge in [0.15, 0.2) is 6.29 Å².